The number of esters is 2. The van der Waals surface area contributed by atoms with Gasteiger partial charge in [0, 0.05) is 0 Å². The highest BCUT2D eigenvalue weighted by Crippen LogP contribution is 2.24. The van der Waals surface area contributed by atoms with Gasteiger partial charge in [0.2, 0.25) is 0 Å². The number of ether oxygens (including phenoxy) is 2. The predicted molar refractivity (Wildman–Crippen MR) is 78.7 cm³/mol. The third-order valence-electron chi connectivity index (χ3n) is 4.09. The Hall–Kier alpha value is -1.84. The van der Waals surface area contributed by atoms with E-state index in [2.05, 4.69) is 12.1 Å². The van der Waals surface area contributed by atoms with E-state index in [0.29, 0.717) is 6.42 Å². The third kappa shape index (κ3) is 3.84. The van der Waals surface area contributed by atoms with Gasteiger partial charge in [-0.25, -0.2) is 4.79 Å². The second kappa shape index (κ2) is 6.29. The molecule has 1 aliphatic rings. The van der Waals surface area contributed by atoms with Crippen LogP contribution in [0.15, 0.2) is 18.2 Å². The van der Waals surface area contributed by atoms with Crippen molar-refractivity contribution < 1.29 is 19.1 Å². The van der Waals surface area contributed by atoms with Crippen molar-refractivity contribution in [2.75, 3.05) is 6.61 Å². The van der Waals surface area contributed by atoms with Gasteiger partial charge >= 0.3 is 11.9 Å². The van der Waals surface area contributed by atoms with E-state index in [1.54, 1.807) is 13.8 Å². The molecule has 0 heterocycles. The van der Waals surface area contributed by atoms with Gasteiger partial charge in [0.25, 0.3) is 0 Å². The quantitative estimate of drug-likeness (QED) is 0.756. The minimum Gasteiger partial charge on any atom is -0.458 e. The molecule has 0 fully saturated rings. The molecule has 0 atom stereocenters. The molecule has 0 radical (unpaired) electrons. The summed E-state index contributed by atoms with van der Waals surface area (Å²) in [6.45, 7) is 5.39. The van der Waals surface area contributed by atoms with Gasteiger partial charge in [-0.05, 0) is 49.8 Å². The van der Waals surface area contributed by atoms with Crippen molar-refractivity contribution in [3.05, 3.63) is 34.9 Å². The van der Waals surface area contributed by atoms with E-state index in [0.717, 1.165) is 18.4 Å². The Balaban J connectivity index is 1.75. The van der Waals surface area contributed by atoms with Crippen molar-refractivity contribution in [2.45, 2.75) is 46.6 Å². The summed E-state index contributed by atoms with van der Waals surface area (Å²) in [7, 11) is 0. The van der Waals surface area contributed by atoms with E-state index in [-0.39, 0.29) is 19.2 Å². The zero-order valence-electron chi connectivity index (χ0n) is 12.9. The smallest absolute Gasteiger partial charge is 0.344 e. The minimum atomic E-state index is -0.567. The molecule has 0 saturated heterocycles. The van der Waals surface area contributed by atoms with Crippen LogP contribution in [0, 0.1) is 5.41 Å². The number of carbonyl (C=O) groups excluding carboxylic acids is 2. The Bertz CT molecular complexity index is 546. The van der Waals surface area contributed by atoms with E-state index in [1.165, 1.54) is 11.1 Å². The molecule has 0 spiro atoms. The van der Waals surface area contributed by atoms with Gasteiger partial charge in [0.1, 0.15) is 6.61 Å². The molecule has 4 nitrogen and oxygen atoms in total. The van der Waals surface area contributed by atoms with Crippen LogP contribution in [0.4, 0.5) is 0 Å². The molecule has 0 aliphatic heterocycles. The third-order valence-corrected chi connectivity index (χ3v) is 4.09. The Morgan fingerprint density at radius 3 is 2.43 bits per heavy atom. The lowest BCUT2D eigenvalue weighted by Crippen LogP contribution is -2.28. The molecule has 0 N–H and O–H groups in total. The molecule has 0 amide bonds. The van der Waals surface area contributed by atoms with Crippen molar-refractivity contribution >= 4 is 11.9 Å². The van der Waals surface area contributed by atoms with E-state index in [4.69, 9.17) is 9.47 Å². The molecule has 1 aliphatic carbocycles. The largest absolute Gasteiger partial charge is 0.458 e. The number of hydrogen-bond acceptors (Lipinski definition) is 4. The van der Waals surface area contributed by atoms with Gasteiger partial charge in [-0.2, -0.15) is 0 Å². The lowest BCUT2D eigenvalue weighted by molar-refractivity contribution is -0.165. The molecule has 2 rings (SSSR count). The average molecular weight is 290 g/mol. The van der Waals surface area contributed by atoms with Crippen LogP contribution < -0.4 is 0 Å². The maximum Gasteiger partial charge on any atom is 0.344 e. The summed E-state index contributed by atoms with van der Waals surface area (Å²) in [4.78, 5) is 23.3. The fourth-order valence-electron chi connectivity index (χ4n) is 2.01. The summed E-state index contributed by atoms with van der Waals surface area (Å²) in [5.74, 6) is -0.888. The fourth-order valence-corrected chi connectivity index (χ4v) is 2.01. The van der Waals surface area contributed by atoms with Crippen molar-refractivity contribution in [1.29, 1.82) is 0 Å². The first-order valence-electron chi connectivity index (χ1n) is 7.36. The molecule has 4 heteroatoms. The van der Waals surface area contributed by atoms with Crippen LogP contribution in [0.1, 0.15) is 43.9 Å². The lowest BCUT2D eigenvalue weighted by Gasteiger charge is -2.20. The molecule has 114 valence electrons. The van der Waals surface area contributed by atoms with Gasteiger partial charge < -0.3 is 9.47 Å². The van der Waals surface area contributed by atoms with Crippen LogP contribution in [-0.4, -0.2) is 18.5 Å². The number of carbonyl (C=O) groups is 2. The van der Waals surface area contributed by atoms with Crippen molar-refractivity contribution in [2.24, 2.45) is 5.41 Å². The summed E-state index contributed by atoms with van der Waals surface area (Å²) in [5.41, 5.74) is 3.12. The minimum absolute atomic E-state index is 0.223. The number of benzene rings is 1. The highest BCUT2D eigenvalue weighted by Gasteiger charge is 2.27. The Morgan fingerprint density at radius 1 is 1.14 bits per heavy atom. The molecule has 21 heavy (non-hydrogen) atoms. The first-order valence-corrected chi connectivity index (χ1v) is 7.36. The van der Waals surface area contributed by atoms with Crippen LogP contribution in [0.5, 0.6) is 0 Å². The molecule has 0 unspecified atom stereocenters. The molecular formula is C17H22O4. The fraction of sp³-hybridized carbons (Fsp3) is 0.529. The topological polar surface area (TPSA) is 52.6 Å². The summed E-state index contributed by atoms with van der Waals surface area (Å²) < 4.78 is 10.1. The van der Waals surface area contributed by atoms with Crippen LogP contribution in [-0.2, 0) is 38.5 Å². The van der Waals surface area contributed by atoms with Crippen LogP contribution in [0.25, 0.3) is 0 Å². The SMILES string of the molecule is CCC(C)(C)C(=O)OCC(=O)OCc1ccc2c(c1)CC2. The van der Waals surface area contributed by atoms with Gasteiger partial charge in [-0.3, -0.25) is 4.79 Å². The zero-order valence-corrected chi connectivity index (χ0v) is 12.9. The monoisotopic (exact) mass is 290 g/mol. The lowest BCUT2D eigenvalue weighted by atomic mass is 9.87. The van der Waals surface area contributed by atoms with Crippen molar-refractivity contribution in [3.8, 4) is 0 Å². The normalized spacial score (nSPS) is 13.1. The van der Waals surface area contributed by atoms with Crippen molar-refractivity contribution in [1.82, 2.24) is 0 Å². The molecule has 0 saturated carbocycles. The molecule has 1 aromatic rings. The zero-order chi connectivity index (χ0) is 15.5. The number of hydrogen-bond donors (Lipinski definition) is 0. The summed E-state index contributed by atoms with van der Waals surface area (Å²) in [6.07, 6.45) is 2.90. The Labute approximate surface area is 125 Å². The van der Waals surface area contributed by atoms with Crippen molar-refractivity contribution in [3.63, 3.8) is 0 Å². The first kappa shape index (κ1) is 15.5. The molecule has 1 aromatic carbocycles. The van der Waals surface area contributed by atoms with Gasteiger partial charge in [-0.15, -0.1) is 0 Å². The summed E-state index contributed by atoms with van der Waals surface area (Å²) >= 11 is 0. The average Bonchev–Trinajstić information content (AvgIpc) is 2.44. The highest BCUT2D eigenvalue weighted by atomic mass is 16.6. The number of aryl methyl sites for hydroxylation is 2. The second-order valence-electron chi connectivity index (χ2n) is 6.08. The van der Waals surface area contributed by atoms with Gasteiger partial charge in [0.15, 0.2) is 6.61 Å². The Morgan fingerprint density at radius 2 is 1.86 bits per heavy atom. The summed E-state index contributed by atoms with van der Waals surface area (Å²) in [6, 6.07) is 6.11. The van der Waals surface area contributed by atoms with E-state index in [9.17, 15) is 9.59 Å². The Kier molecular flexibility index (Phi) is 4.66. The maximum absolute atomic E-state index is 11.7. The number of fused-ring (bicyclic) bond motifs is 1. The van der Waals surface area contributed by atoms with Crippen LogP contribution >= 0.6 is 0 Å². The molecular weight excluding hydrogens is 268 g/mol. The summed E-state index contributed by atoms with van der Waals surface area (Å²) in [5, 5.41) is 0. The van der Waals surface area contributed by atoms with Crippen LogP contribution in [0.2, 0.25) is 0 Å². The predicted octanol–water partition coefficient (Wildman–Crippen LogP) is 2.81. The first-order chi connectivity index (χ1) is 9.92. The number of rotatable bonds is 6. The second-order valence-corrected chi connectivity index (χ2v) is 6.08. The highest BCUT2D eigenvalue weighted by molar-refractivity contribution is 5.79. The van der Waals surface area contributed by atoms with Gasteiger partial charge in [-0.1, -0.05) is 25.1 Å². The van der Waals surface area contributed by atoms with E-state index >= 15 is 0 Å². The van der Waals surface area contributed by atoms with E-state index < -0.39 is 11.4 Å². The standard InChI is InChI=1S/C17H22O4/c1-4-17(2,3)16(19)21-11-15(18)20-10-12-5-6-13-7-8-14(13)9-12/h5-6,9H,4,7-8,10-11H2,1-3H3. The van der Waals surface area contributed by atoms with E-state index in [1.807, 2.05) is 13.0 Å². The molecule has 0 bridgehead atoms. The van der Waals surface area contributed by atoms with Gasteiger partial charge in [0.05, 0.1) is 5.41 Å². The molecule has 0 aromatic heterocycles. The van der Waals surface area contributed by atoms with Crippen LogP contribution in [0.3, 0.4) is 0 Å². The maximum atomic E-state index is 11.7.